The number of ether oxygens (including phenoxy) is 1. The lowest BCUT2D eigenvalue weighted by Gasteiger charge is -2.12. The molecule has 0 radical (unpaired) electrons. The monoisotopic (exact) mass is 559 g/mol. The zero-order valence-electron chi connectivity index (χ0n) is 19.6. The Morgan fingerprint density at radius 2 is 1.81 bits per heavy atom. The van der Waals surface area contributed by atoms with Gasteiger partial charge in [-0.1, -0.05) is 52.3 Å². The van der Waals surface area contributed by atoms with Gasteiger partial charge in [-0.3, -0.25) is 14.4 Å². The number of aromatic nitrogens is 1. The maximum Gasteiger partial charge on any atom is 0.307 e. The number of rotatable bonds is 9. The topological polar surface area (TPSA) is 110 Å². The summed E-state index contributed by atoms with van der Waals surface area (Å²) < 4.78 is 12.6. The van der Waals surface area contributed by atoms with Crippen LogP contribution < -0.4 is 10.2 Å². The van der Waals surface area contributed by atoms with Gasteiger partial charge in [0.2, 0.25) is 0 Å². The minimum absolute atomic E-state index is 0.164. The lowest BCUT2D eigenvalue weighted by molar-refractivity contribution is -0.141. The minimum atomic E-state index is -1.09. The molecule has 186 valence electrons. The van der Waals surface area contributed by atoms with Crippen LogP contribution in [0.5, 0.6) is 5.75 Å². The molecule has 0 aliphatic rings. The van der Waals surface area contributed by atoms with E-state index >= 15 is 0 Å². The fraction of sp³-hybridized carbons (Fsp3) is 0.138. The molecule has 0 amide bonds. The second kappa shape index (κ2) is 10.4. The summed E-state index contributed by atoms with van der Waals surface area (Å²) in [6, 6.07) is 21.2. The number of carboxylic acid groups (broad SMARTS) is 1. The van der Waals surface area contributed by atoms with Crippen molar-refractivity contribution in [3.8, 4) is 5.75 Å². The molecule has 1 atom stereocenters. The number of halogens is 1. The smallest absolute Gasteiger partial charge is 0.307 e. The Morgan fingerprint density at radius 3 is 2.59 bits per heavy atom. The normalized spacial score (nSPS) is 12.0. The Morgan fingerprint density at radius 1 is 1.03 bits per heavy atom. The summed E-state index contributed by atoms with van der Waals surface area (Å²) in [6.07, 6.45) is 1.62. The van der Waals surface area contributed by atoms with Gasteiger partial charge in [-0.2, -0.15) is 0 Å². The maximum absolute atomic E-state index is 13.0. The number of benzene rings is 3. The van der Waals surface area contributed by atoms with Crippen LogP contribution in [0, 0.1) is 5.92 Å². The van der Waals surface area contributed by atoms with Crippen LogP contribution in [0.1, 0.15) is 28.1 Å². The van der Waals surface area contributed by atoms with Crippen LogP contribution in [0.3, 0.4) is 0 Å². The predicted molar refractivity (Wildman–Crippen MR) is 143 cm³/mol. The van der Waals surface area contributed by atoms with Crippen molar-refractivity contribution >= 4 is 49.6 Å². The van der Waals surface area contributed by atoms with Crippen molar-refractivity contribution in [2.75, 3.05) is 0 Å². The zero-order valence-corrected chi connectivity index (χ0v) is 21.2. The molecule has 37 heavy (non-hydrogen) atoms. The number of para-hydroxylation sites is 1. The third kappa shape index (κ3) is 5.34. The lowest BCUT2D eigenvalue weighted by atomic mass is 9.93. The molecule has 0 aliphatic carbocycles. The number of carbonyl (C=O) groups is 2. The number of aliphatic carboxylic acids is 1. The molecule has 7 nitrogen and oxygen atoms in total. The standard InChI is InChI=1S/C29H22BrNO6/c30-20-10-8-17(9-11-20)16-36-25-6-3-7-26-28(25)24(33)14-27(37-26)23(32)13-18(29(34)35)12-19-15-31-22-5-2-1-4-21(19)22/h1-11,14-15,18,31H,12-13,16H2,(H,34,35)/t18-/m0/s1. The number of hydrogen-bond donors (Lipinski definition) is 2. The molecule has 0 fully saturated rings. The molecular weight excluding hydrogens is 538 g/mol. The average Bonchev–Trinajstić information content (AvgIpc) is 3.30. The third-order valence-corrected chi connectivity index (χ3v) is 6.75. The van der Waals surface area contributed by atoms with Gasteiger partial charge in [0.25, 0.3) is 0 Å². The molecule has 0 saturated heterocycles. The molecule has 0 saturated carbocycles. The second-order valence-electron chi connectivity index (χ2n) is 8.75. The fourth-order valence-electron chi connectivity index (χ4n) is 4.31. The molecule has 2 N–H and O–H groups in total. The van der Waals surface area contributed by atoms with E-state index in [9.17, 15) is 19.5 Å². The van der Waals surface area contributed by atoms with E-state index in [2.05, 4.69) is 20.9 Å². The van der Waals surface area contributed by atoms with Gasteiger partial charge in [0, 0.05) is 34.1 Å². The van der Waals surface area contributed by atoms with Crippen molar-refractivity contribution in [3.63, 3.8) is 0 Å². The summed E-state index contributed by atoms with van der Waals surface area (Å²) in [5.74, 6) is -2.45. The predicted octanol–water partition coefficient (Wildman–Crippen LogP) is 6.13. The van der Waals surface area contributed by atoms with E-state index in [0.29, 0.717) is 5.75 Å². The van der Waals surface area contributed by atoms with E-state index in [-0.39, 0.29) is 36.2 Å². The molecule has 5 rings (SSSR count). The lowest BCUT2D eigenvalue weighted by Crippen LogP contribution is -2.21. The number of carboxylic acids is 1. The van der Waals surface area contributed by atoms with Gasteiger partial charge in [-0.15, -0.1) is 0 Å². The summed E-state index contributed by atoms with van der Waals surface area (Å²) >= 11 is 3.39. The molecule has 8 heteroatoms. The van der Waals surface area contributed by atoms with Crippen molar-refractivity contribution in [1.29, 1.82) is 0 Å². The molecule has 0 bridgehead atoms. The first kappa shape index (κ1) is 24.5. The van der Waals surface area contributed by atoms with Crippen LogP contribution in [0.4, 0.5) is 0 Å². The Bertz CT molecular complexity index is 1670. The number of H-pyrrole nitrogens is 1. The van der Waals surface area contributed by atoms with E-state index < -0.39 is 23.1 Å². The van der Waals surface area contributed by atoms with Crippen LogP contribution in [0.15, 0.2) is 92.7 Å². The first-order chi connectivity index (χ1) is 17.9. The van der Waals surface area contributed by atoms with Gasteiger partial charge in [0.1, 0.15) is 23.3 Å². The molecule has 5 aromatic rings. The Hall–Kier alpha value is -4.17. The van der Waals surface area contributed by atoms with Crippen molar-refractivity contribution in [2.24, 2.45) is 5.92 Å². The van der Waals surface area contributed by atoms with Gasteiger partial charge < -0.3 is 19.2 Å². The summed E-state index contributed by atoms with van der Waals surface area (Å²) in [5.41, 5.74) is 2.40. The van der Waals surface area contributed by atoms with Crippen molar-refractivity contribution < 1.29 is 23.8 Å². The van der Waals surface area contributed by atoms with Crippen molar-refractivity contribution in [1.82, 2.24) is 4.98 Å². The van der Waals surface area contributed by atoms with E-state index in [0.717, 1.165) is 32.6 Å². The van der Waals surface area contributed by atoms with E-state index in [1.54, 1.807) is 24.4 Å². The second-order valence-corrected chi connectivity index (χ2v) is 9.66. The molecule has 2 heterocycles. The molecular formula is C29H22BrNO6. The van der Waals surface area contributed by atoms with Crippen LogP contribution >= 0.6 is 15.9 Å². The molecule has 2 aromatic heterocycles. The highest BCUT2D eigenvalue weighted by Gasteiger charge is 2.25. The van der Waals surface area contributed by atoms with E-state index in [1.807, 2.05) is 48.5 Å². The minimum Gasteiger partial charge on any atom is -0.488 e. The molecule has 0 aliphatic heterocycles. The Kier molecular flexibility index (Phi) is 6.92. The first-order valence-electron chi connectivity index (χ1n) is 11.6. The summed E-state index contributed by atoms with van der Waals surface area (Å²) in [7, 11) is 0. The van der Waals surface area contributed by atoms with E-state index in [1.165, 1.54) is 0 Å². The van der Waals surface area contributed by atoms with Gasteiger partial charge in [-0.05, 0) is 47.9 Å². The highest BCUT2D eigenvalue weighted by Crippen LogP contribution is 2.27. The molecule has 0 spiro atoms. The summed E-state index contributed by atoms with van der Waals surface area (Å²) in [6.45, 7) is 0.251. The number of hydrogen-bond acceptors (Lipinski definition) is 5. The number of carbonyl (C=O) groups excluding carboxylic acids is 1. The zero-order chi connectivity index (χ0) is 25.9. The van der Waals surface area contributed by atoms with Crippen LogP contribution in [-0.4, -0.2) is 21.8 Å². The Labute approximate surface area is 219 Å². The van der Waals surface area contributed by atoms with Crippen LogP contribution in [0.25, 0.3) is 21.9 Å². The Balaban J connectivity index is 1.37. The van der Waals surface area contributed by atoms with Crippen LogP contribution in [0.2, 0.25) is 0 Å². The quantitative estimate of drug-likeness (QED) is 0.210. The van der Waals surface area contributed by atoms with Gasteiger partial charge in [-0.25, -0.2) is 0 Å². The molecule has 3 aromatic carbocycles. The molecule has 0 unspecified atom stereocenters. The van der Waals surface area contributed by atoms with Gasteiger partial charge in [0.05, 0.1) is 5.92 Å². The third-order valence-electron chi connectivity index (χ3n) is 6.22. The first-order valence-corrected chi connectivity index (χ1v) is 12.4. The summed E-state index contributed by atoms with van der Waals surface area (Å²) in [4.78, 5) is 41.1. The fourth-order valence-corrected chi connectivity index (χ4v) is 4.58. The number of Topliss-reactive ketones (excluding diaryl/α,β-unsaturated/α-hetero) is 1. The average molecular weight is 560 g/mol. The SMILES string of the molecule is O=C(C[C@H](Cc1c[nH]c2ccccc12)C(=O)O)c1cc(=O)c2c(OCc3ccc(Br)cc3)cccc2o1. The maximum atomic E-state index is 13.0. The van der Waals surface area contributed by atoms with Crippen molar-refractivity contribution in [2.45, 2.75) is 19.4 Å². The van der Waals surface area contributed by atoms with Gasteiger partial charge >= 0.3 is 5.97 Å². The largest absolute Gasteiger partial charge is 0.488 e. The number of fused-ring (bicyclic) bond motifs is 2. The van der Waals surface area contributed by atoms with E-state index in [4.69, 9.17) is 9.15 Å². The van der Waals surface area contributed by atoms with Crippen LogP contribution in [-0.2, 0) is 17.8 Å². The summed E-state index contributed by atoms with van der Waals surface area (Å²) in [5, 5.41) is 10.9. The highest BCUT2D eigenvalue weighted by atomic mass is 79.9. The van der Waals surface area contributed by atoms with Gasteiger partial charge in [0.15, 0.2) is 17.0 Å². The number of aromatic amines is 1. The number of ketones is 1. The highest BCUT2D eigenvalue weighted by molar-refractivity contribution is 9.10. The number of nitrogens with one attached hydrogen (secondary N) is 1. The van der Waals surface area contributed by atoms with Crippen molar-refractivity contribution in [3.05, 3.63) is 111 Å².